The Balaban J connectivity index is 1.89. The summed E-state index contributed by atoms with van der Waals surface area (Å²) in [6.07, 6.45) is 3.67. The van der Waals surface area contributed by atoms with Gasteiger partial charge in [-0.3, -0.25) is 4.79 Å². The van der Waals surface area contributed by atoms with Crippen molar-refractivity contribution in [3.63, 3.8) is 0 Å². The van der Waals surface area contributed by atoms with Crippen LogP contribution in [0.2, 0.25) is 0 Å². The number of carbonyl (C=O) groups excluding carboxylic acids is 1. The summed E-state index contributed by atoms with van der Waals surface area (Å²) < 4.78 is 2.79. The number of rotatable bonds is 3. The molecule has 128 valence electrons. The molecule has 2 N–H and O–H groups in total. The lowest BCUT2D eigenvalue weighted by Gasteiger charge is -2.38. The molecule has 0 aliphatic carbocycles. The maximum absolute atomic E-state index is 13.0. The van der Waals surface area contributed by atoms with Crippen LogP contribution in [0.4, 0.5) is 0 Å². The van der Waals surface area contributed by atoms with E-state index < -0.39 is 0 Å². The van der Waals surface area contributed by atoms with Crippen molar-refractivity contribution >= 4 is 21.8 Å². The third-order valence-electron chi connectivity index (χ3n) is 4.80. The van der Waals surface area contributed by atoms with Crippen LogP contribution in [0.1, 0.15) is 35.8 Å². The Morgan fingerprint density at radius 3 is 2.96 bits per heavy atom. The minimum atomic E-state index is 0.0381. The van der Waals surface area contributed by atoms with E-state index in [9.17, 15) is 4.79 Å². The maximum Gasteiger partial charge on any atom is 0.257 e. The second-order valence-corrected chi connectivity index (χ2v) is 7.47. The van der Waals surface area contributed by atoms with Gasteiger partial charge in [0.25, 0.3) is 5.91 Å². The molecule has 0 bridgehead atoms. The molecule has 2 heterocycles. The van der Waals surface area contributed by atoms with Crippen LogP contribution in [0.15, 0.2) is 34.9 Å². The largest absolute Gasteiger partial charge is 0.334 e. The van der Waals surface area contributed by atoms with Gasteiger partial charge in [-0.25, -0.2) is 4.68 Å². The lowest BCUT2D eigenvalue weighted by molar-refractivity contribution is 0.0573. The molecule has 3 rings (SSSR count). The smallest absolute Gasteiger partial charge is 0.257 e. The van der Waals surface area contributed by atoms with Gasteiger partial charge in [-0.15, -0.1) is 0 Å². The Kier molecular flexibility index (Phi) is 5.06. The van der Waals surface area contributed by atoms with Crippen molar-refractivity contribution in [2.45, 2.75) is 32.7 Å². The molecule has 1 aliphatic rings. The standard InChI is InChI=1S/C18H23BrN4O/c1-12-6-7-22(16(8-12)10-20)18(24)17-11-21-23(13(17)2)15-5-3-4-14(19)9-15/h3-5,9,11-12,16H,6-8,10,20H2,1-2H3. The number of hydrogen-bond donors (Lipinski definition) is 1. The molecule has 24 heavy (non-hydrogen) atoms. The van der Waals surface area contributed by atoms with Crippen LogP contribution in [-0.2, 0) is 0 Å². The lowest BCUT2D eigenvalue weighted by atomic mass is 9.92. The highest BCUT2D eigenvalue weighted by Crippen LogP contribution is 2.25. The number of piperidine rings is 1. The zero-order valence-corrected chi connectivity index (χ0v) is 15.7. The lowest BCUT2D eigenvalue weighted by Crippen LogP contribution is -2.49. The van der Waals surface area contributed by atoms with E-state index in [4.69, 9.17) is 5.73 Å². The number of benzene rings is 1. The van der Waals surface area contributed by atoms with Crippen molar-refractivity contribution in [1.29, 1.82) is 0 Å². The average Bonchev–Trinajstić information content (AvgIpc) is 2.95. The highest BCUT2D eigenvalue weighted by Gasteiger charge is 2.31. The monoisotopic (exact) mass is 390 g/mol. The molecule has 1 aromatic carbocycles. The molecule has 1 aromatic heterocycles. The summed E-state index contributed by atoms with van der Waals surface area (Å²) in [6, 6.07) is 8.01. The first-order valence-electron chi connectivity index (χ1n) is 8.33. The van der Waals surface area contributed by atoms with Gasteiger partial charge in [0.15, 0.2) is 0 Å². The molecular weight excluding hydrogens is 368 g/mol. The fraction of sp³-hybridized carbons (Fsp3) is 0.444. The van der Waals surface area contributed by atoms with Crippen LogP contribution in [0.25, 0.3) is 5.69 Å². The average molecular weight is 391 g/mol. The van der Waals surface area contributed by atoms with E-state index >= 15 is 0 Å². The minimum absolute atomic E-state index is 0.0381. The number of nitrogens with two attached hydrogens (primary N) is 1. The SMILES string of the molecule is Cc1c(C(=O)N2CCC(C)CC2CN)cnn1-c1cccc(Br)c1. The summed E-state index contributed by atoms with van der Waals surface area (Å²) in [6.45, 7) is 5.43. The Morgan fingerprint density at radius 2 is 2.25 bits per heavy atom. The van der Waals surface area contributed by atoms with Crippen LogP contribution in [0.5, 0.6) is 0 Å². The first-order chi connectivity index (χ1) is 11.5. The predicted molar refractivity (Wildman–Crippen MR) is 98.3 cm³/mol. The molecule has 5 nitrogen and oxygen atoms in total. The number of carbonyl (C=O) groups is 1. The topological polar surface area (TPSA) is 64.2 Å². The molecule has 0 spiro atoms. The van der Waals surface area contributed by atoms with Gasteiger partial charge in [0.2, 0.25) is 0 Å². The van der Waals surface area contributed by atoms with Crippen LogP contribution >= 0.6 is 15.9 Å². The van der Waals surface area contributed by atoms with Crippen LogP contribution in [0.3, 0.4) is 0 Å². The summed E-state index contributed by atoms with van der Waals surface area (Å²) in [5.74, 6) is 0.657. The summed E-state index contributed by atoms with van der Waals surface area (Å²) >= 11 is 3.47. The maximum atomic E-state index is 13.0. The minimum Gasteiger partial charge on any atom is -0.334 e. The Morgan fingerprint density at radius 1 is 1.46 bits per heavy atom. The molecule has 2 aromatic rings. The normalized spacial score (nSPS) is 21.1. The van der Waals surface area contributed by atoms with Crippen LogP contribution in [0, 0.1) is 12.8 Å². The molecule has 2 unspecified atom stereocenters. The number of likely N-dealkylation sites (tertiary alicyclic amines) is 1. The summed E-state index contributed by atoms with van der Waals surface area (Å²) in [7, 11) is 0. The summed E-state index contributed by atoms with van der Waals surface area (Å²) in [4.78, 5) is 14.9. The van der Waals surface area contributed by atoms with Gasteiger partial charge in [0.1, 0.15) is 0 Å². The third-order valence-corrected chi connectivity index (χ3v) is 5.30. The Bertz CT molecular complexity index is 742. The molecule has 2 atom stereocenters. The van der Waals surface area contributed by atoms with E-state index in [2.05, 4.69) is 28.0 Å². The molecular formula is C18H23BrN4O. The van der Waals surface area contributed by atoms with Crippen molar-refractivity contribution in [3.8, 4) is 5.69 Å². The first kappa shape index (κ1) is 17.2. The quantitative estimate of drug-likeness (QED) is 0.875. The van der Waals surface area contributed by atoms with E-state index in [-0.39, 0.29) is 11.9 Å². The first-order valence-corrected chi connectivity index (χ1v) is 9.12. The number of hydrogen-bond acceptors (Lipinski definition) is 3. The predicted octanol–water partition coefficient (Wildman–Crippen LogP) is 3.14. The molecule has 1 saturated heterocycles. The van der Waals surface area contributed by atoms with E-state index in [1.54, 1.807) is 6.20 Å². The fourth-order valence-corrected chi connectivity index (χ4v) is 3.77. The van der Waals surface area contributed by atoms with Crippen molar-refractivity contribution in [2.75, 3.05) is 13.1 Å². The van der Waals surface area contributed by atoms with Crippen molar-refractivity contribution in [2.24, 2.45) is 11.7 Å². The van der Waals surface area contributed by atoms with Gasteiger partial charge >= 0.3 is 0 Å². The highest BCUT2D eigenvalue weighted by molar-refractivity contribution is 9.10. The summed E-state index contributed by atoms with van der Waals surface area (Å²) in [5.41, 5.74) is 8.35. The molecule has 0 radical (unpaired) electrons. The van der Waals surface area contributed by atoms with Crippen molar-refractivity contribution in [1.82, 2.24) is 14.7 Å². The Labute approximate surface area is 151 Å². The van der Waals surface area contributed by atoms with E-state index in [0.29, 0.717) is 18.0 Å². The van der Waals surface area contributed by atoms with Crippen molar-refractivity contribution < 1.29 is 4.79 Å². The molecule has 1 aliphatic heterocycles. The summed E-state index contributed by atoms with van der Waals surface area (Å²) in [5, 5.41) is 4.43. The highest BCUT2D eigenvalue weighted by atomic mass is 79.9. The second kappa shape index (κ2) is 7.07. The van der Waals surface area contributed by atoms with E-state index in [0.717, 1.165) is 35.2 Å². The molecule has 0 saturated carbocycles. The van der Waals surface area contributed by atoms with Crippen LogP contribution < -0.4 is 5.73 Å². The number of aromatic nitrogens is 2. The third kappa shape index (κ3) is 3.26. The van der Waals surface area contributed by atoms with Gasteiger partial charge in [0.05, 0.1) is 23.1 Å². The number of nitrogens with zero attached hydrogens (tertiary/aromatic N) is 3. The van der Waals surface area contributed by atoms with Crippen molar-refractivity contribution in [3.05, 3.63) is 46.2 Å². The van der Waals surface area contributed by atoms with Gasteiger partial charge in [-0.2, -0.15) is 5.10 Å². The van der Waals surface area contributed by atoms with Gasteiger partial charge < -0.3 is 10.6 Å². The van der Waals surface area contributed by atoms with E-state index in [1.165, 1.54) is 0 Å². The molecule has 1 fully saturated rings. The van der Waals surface area contributed by atoms with Gasteiger partial charge in [0, 0.05) is 23.6 Å². The zero-order chi connectivity index (χ0) is 17.3. The van der Waals surface area contributed by atoms with Gasteiger partial charge in [-0.05, 0) is 43.9 Å². The second-order valence-electron chi connectivity index (χ2n) is 6.55. The zero-order valence-electron chi connectivity index (χ0n) is 14.1. The number of halogens is 1. The number of amides is 1. The van der Waals surface area contributed by atoms with E-state index in [1.807, 2.05) is 40.8 Å². The fourth-order valence-electron chi connectivity index (χ4n) is 3.38. The molecule has 1 amide bonds. The van der Waals surface area contributed by atoms with Crippen LogP contribution in [-0.4, -0.2) is 39.7 Å². The Hall–Kier alpha value is -1.66. The van der Waals surface area contributed by atoms with Gasteiger partial charge in [-0.1, -0.05) is 28.9 Å². The molecule has 6 heteroatoms.